The lowest BCUT2D eigenvalue weighted by molar-refractivity contribution is -0.142. The number of anilines is 1. The molecule has 196 valence electrons. The monoisotopic (exact) mass is 541 g/mol. The second-order valence-corrected chi connectivity index (χ2v) is 10.5. The summed E-state index contributed by atoms with van der Waals surface area (Å²) in [4.78, 5) is 38.1. The second kappa shape index (κ2) is 11.5. The van der Waals surface area contributed by atoms with Gasteiger partial charge < -0.3 is 20.5 Å². The Labute approximate surface area is 238 Å². The van der Waals surface area contributed by atoms with Crippen LogP contribution >= 0.6 is 11.6 Å². The number of fused-ring (bicyclic) bond motifs is 1. The molecule has 1 saturated carbocycles. The van der Waals surface area contributed by atoms with E-state index in [1.54, 1.807) is 6.92 Å². The molecule has 2 aromatic heterocycles. The van der Waals surface area contributed by atoms with E-state index in [1.165, 1.54) is 11.9 Å². The summed E-state index contributed by atoms with van der Waals surface area (Å²) in [5.41, 5.74) is 0.682. The quantitative estimate of drug-likeness (QED) is 0.209. The van der Waals surface area contributed by atoms with Gasteiger partial charge in [0.2, 0.25) is 5.91 Å². The predicted molar refractivity (Wildman–Crippen MR) is 151 cm³/mol. The van der Waals surface area contributed by atoms with Gasteiger partial charge in [0.15, 0.2) is 0 Å². The topological polar surface area (TPSA) is 126 Å². The van der Waals surface area contributed by atoms with E-state index in [0.717, 1.165) is 50.2 Å². The molecule has 3 N–H and O–H groups in total. The number of nitrogens with one attached hydrogen (secondary N) is 2. The maximum Gasteiger partial charge on any atom is 0.326 e. The highest BCUT2D eigenvalue weighted by Crippen LogP contribution is 2.83. The molecule has 4 rings (SSSR count). The van der Waals surface area contributed by atoms with Gasteiger partial charge in [-0.15, -0.1) is 0 Å². The summed E-state index contributed by atoms with van der Waals surface area (Å²) in [6.07, 6.45) is 5.84. The highest BCUT2D eigenvalue weighted by molar-refractivity contribution is 6.65. The zero-order valence-corrected chi connectivity index (χ0v) is 22.6. The molecular weight excluding hydrogens is 513 g/mol. The number of carbonyl (C=O) groups excluding carboxylic acids is 1. The van der Waals surface area contributed by atoms with Crippen LogP contribution in [0.5, 0.6) is 0 Å². The smallest absolute Gasteiger partial charge is 0.326 e. The van der Waals surface area contributed by atoms with E-state index in [4.69, 9.17) is 47.7 Å². The Morgan fingerprint density at radius 2 is 1.92 bits per heavy atom. The molecule has 0 spiro atoms. The minimum absolute atomic E-state index is 0.00249. The number of carboxylic acid groups (broad SMARTS) is 1. The SMILES string of the molecule is [B]C1([B])C([B])([B])C1(C(=O)NC(CCOCCCCc1ccc2c(n1)NCCC2)C(=O)O)c1c(C)ncnc1Cl. The molecule has 0 bridgehead atoms. The molecule has 14 heteroatoms. The van der Waals surface area contributed by atoms with Gasteiger partial charge in [0, 0.05) is 43.1 Å². The highest BCUT2D eigenvalue weighted by Gasteiger charge is 2.79. The predicted octanol–water partition coefficient (Wildman–Crippen LogP) is 1.35. The Morgan fingerprint density at radius 1 is 1.18 bits per heavy atom. The Bertz CT molecular complexity index is 1210. The second-order valence-electron chi connectivity index (χ2n) is 10.2. The summed E-state index contributed by atoms with van der Waals surface area (Å²) in [6, 6.07) is 2.88. The average molecular weight is 541 g/mol. The van der Waals surface area contributed by atoms with Crippen molar-refractivity contribution in [2.24, 2.45) is 0 Å². The van der Waals surface area contributed by atoms with E-state index in [1.807, 2.05) is 0 Å². The lowest BCUT2D eigenvalue weighted by atomic mass is 9.49. The van der Waals surface area contributed by atoms with Gasteiger partial charge in [0.25, 0.3) is 0 Å². The molecule has 9 nitrogen and oxygen atoms in total. The summed E-state index contributed by atoms with van der Waals surface area (Å²) in [7, 11) is 24.6. The molecule has 2 aromatic rings. The standard InChI is InChI=1S/C25H28B4ClN5O4/c1-14-18(19(30)33-13-32-14)23(24(26,27)25(23,28)29)22(38)35-17(21(36)37)9-12-39-11-3-2-6-16-8-7-15-5-4-10-31-20(15)34-16/h7-8,13,17H,2-6,9-12H2,1H3,(H,31,34)(H,35,38)(H,36,37). The first kappa shape index (κ1) is 29.5. The number of hydrogen-bond donors (Lipinski definition) is 3. The van der Waals surface area contributed by atoms with Crippen molar-refractivity contribution in [3.8, 4) is 0 Å². The van der Waals surface area contributed by atoms with Crippen molar-refractivity contribution in [3.63, 3.8) is 0 Å². The lowest BCUT2D eigenvalue weighted by Gasteiger charge is -2.27. The largest absolute Gasteiger partial charge is 0.480 e. The molecule has 1 aliphatic heterocycles. The minimum Gasteiger partial charge on any atom is -0.480 e. The van der Waals surface area contributed by atoms with E-state index in [0.29, 0.717) is 12.3 Å². The number of pyridine rings is 1. The van der Waals surface area contributed by atoms with E-state index in [-0.39, 0.29) is 23.7 Å². The van der Waals surface area contributed by atoms with Gasteiger partial charge >= 0.3 is 5.97 Å². The number of aryl methyl sites for hydroxylation is 3. The van der Waals surface area contributed by atoms with Gasteiger partial charge in [-0.2, -0.15) is 0 Å². The number of halogens is 1. The first-order chi connectivity index (χ1) is 18.4. The summed E-state index contributed by atoms with van der Waals surface area (Å²) in [5.74, 6) is -1.16. The fraction of sp³-hybridized carbons (Fsp3) is 0.560. The molecule has 1 atom stereocenters. The Kier molecular flexibility index (Phi) is 8.71. The number of rotatable bonds is 12. The third-order valence-corrected chi connectivity index (χ3v) is 7.93. The minimum atomic E-state index is -1.95. The van der Waals surface area contributed by atoms with E-state index >= 15 is 0 Å². The third-order valence-electron chi connectivity index (χ3n) is 7.65. The number of nitrogens with zero attached hydrogens (tertiary/aromatic N) is 3. The van der Waals surface area contributed by atoms with Crippen molar-refractivity contribution in [1.29, 1.82) is 0 Å². The van der Waals surface area contributed by atoms with Crippen LogP contribution in [0.2, 0.25) is 15.6 Å². The van der Waals surface area contributed by atoms with E-state index in [2.05, 4.69) is 37.7 Å². The first-order valence-corrected chi connectivity index (χ1v) is 13.3. The van der Waals surface area contributed by atoms with Gasteiger partial charge in [-0.1, -0.05) is 28.1 Å². The van der Waals surface area contributed by atoms with Crippen molar-refractivity contribution in [1.82, 2.24) is 20.3 Å². The summed E-state index contributed by atoms with van der Waals surface area (Å²) >= 11 is 6.27. The number of ether oxygens (including phenoxy) is 1. The van der Waals surface area contributed by atoms with Gasteiger partial charge in [0.1, 0.15) is 23.3 Å². The average Bonchev–Trinajstić information content (AvgIpc) is 3.25. The molecule has 1 amide bonds. The molecule has 3 heterocycles. The number of unbranched alkanes of at least 4 members (excludes halogenated alkanes) is 1. The van der Waals surface area contributed by atoms with E-state index in [9.17, 15) is 14.7 Å². The van der Waals surface area contributed by atoms with Crippen molar-refractivity contribution in [2.75, 3.05) is 25.1 Å². The van der Waals surface area contributed by atoms with Crippen LogP contribution in [0.15, 0.2) is 18.5 Å². The van der Waals surface area contributed by atoms with Crippen LogP contribution in [0, 0.1) is 6.92 Å². The van der Waals surface area contributed by atoms with Crippen molar-refractivity contribution >= 4 is 60.7 Å². The van der Waals surface area contributed by atoms with E-state index < -0.39 is 33.8 Å². The summed E-state index contributed by atoms with van der Waals surface area (Å²) < 4.78 is 5.64. The van der Waals surface area contributed by atoms with Crippen LogP contribution in [0.25, 0.3) is 0 Å². The molecule has 0 saturated heterocycles. The number of amides is 1. The number of hydrogen-bond acceptors (Lipinski definition) is 7. The molecule has 1 fully saturated rings. The Morgan fingerprint density at radius 3 is 2.59 bits per heavy atom. The molecule has 1 aliphatic carbocycles. The Hall–Kier alpha value is -2.52. The van der Waals surface area contributed by atoms with Gasteiger partial charge in [-0.3, -0.25) is 4.79 Å². The summed E-state index contributed by atoms with van der Waals surface area (Å²) in [5, 5.41) is 11.6. The first-order valence-electron chi connectivity index (χ1n) is 12.9. The lowest BCUT2D eigenvalue weighted by Crippen LogP contribution is -2.48. The maximum atomic E-state index is 13.5. The van der Waals surface area contributed by atoms with Gasteiger partial charge in [-0.25, -0.2) is 19.7 Å². The van der Waals surface area contributed by atoms with Gasteiger partial charge in [0.05, 0.1) is 36.8 Å². The van der Waals surface area contributed by atoms with Crippen LogP contribution in [0.1, 0.15) is 48.2 Å². The molecule has 39 heavy (non-hydrogen) atoms. The third kappa shape index (κ3) is 5.32. The number of carbonyl (C=O) groups is 2. The number of aliphatic carboxylic acids is 1. The molecule has 0 aromatic carbocycles. The Balaban J connectivity index is 1.29. The van der Waals surface area contributed by atoms with Crippen molar-refractivity contribution in [2.45, 2.75) is 67.3 Å². The molecular formula is C25H28B4ClN5O4. The normalized spacial score (nSPS) is 18.8. The van der Waals surface area contributed by atoms with Crippen molar-refractivity contribution in [3.05, 3.63) is 46.1 Å². The fourth-order valence-corrected chi connectivity index (χ4v) is 5.60. The number of aromatic nitrogens is 3. The zero-order chi connectivity index (χ0) is 28.4. The zero-order valence-electron chi connectivity index (χ0n) is 21.9. The van der Waals surface area contributed by atoms with Crippen LogP contribution in [0.4, 0.5) is 5.82 Å². The maximum absolute atomic E-state index is 13.5. The van der Waals surface area contributed by atoms with Crippen LogP contribution in [0.3, 0.4) is 0 Å². The van der Waals surface area contributed by atoms with Crippen molar-refractivity contribution < 1.29 is 19.4 Å². The summed E-state index contributed by atoms with van der Waals surface area (Å²) in [6.45, 7) is 3.06. The van der Waals surface area contributed by atoms with Crippen LogP contribution < -0.4 is 10.6 Å². The number of carboxylic acids is 1. The molecule has 1 unspecified atom stereocenters. The molecule has 8 radical (unpaired) electrons. The fourth-order valence-electron chi connectivity index (χ4n) is 5.28. The van der Waals surface area contributed by atoms with Crippen LogP contribution in [-0.2, 0) is 32.6 Å². The molecule has 2 aliphatic rings. The van der Waals surface area contributed by atoms with Crippen LogP contribution in [-0.4, -0.2) is 89.1 Å². The van der Waals surface area contributed by atoms with Gasteiger partial charge in [-0.05, 0) is 50.7 Å². The highest BCUT2D eigenvalue weighted by atomic mass is 35.5.